The van der Waals surface area contributed by atoms with Gasteiger partial charge >= 0.3 is 0 Å². The predicted molar refractivity (Wildman–Crippen MR) is 43.0 cm³/mol. The smallest absolute Gasteiger partial charge is 0.142 e. The van der Waals surface area contributed by atoms with Crippen LogP contribution < -0.4 is 5.73 Å². The predicted octanol–water partition coefficient (Wildman–Crippen LogP) is 2.03. The van der Waals surface area contributed by atoms with Gasteiger partial charge in [-0.05, 0) is 11.2 Å². The molecular weight excluding hydrogens is 168 g/mol. The molecule has 0 aliphatic rings. The molecule has 0 aliphatic heterocycles. The second-order valence-corrected chi connectivity index (χ2v) is 2.39. The molecular formula is C6H5ClN2O2. The van der Waals surface area contributed by atoms with Gasteiger partial charge in [0.25, 0.3) is 0 Å². The van der Waals surface area contributed by atoms with Crippen LogP contribution in [0.4, 0.5) is 11.4 Å². The van der Waals surface area contributed by atoms with Crippen molar-refractivity contribution in [2.75, 3.05) is 5.73 Å². The first-order valence-corrected chi connectivity index (χ1v) is 3.14. The number of phenols is 1. The van der Waals surface area contributed by atoms with Crippen molar-refractivity contribution < 1.29 is 5.11 Å². The van der Waals surface area contributed by atoms with Gasteiger partial charge in [0.05, 0.1) is 0 Å². The zero-order chi connectivity index (χ0) is 8.43. The van der Waals surface area contributed by atoms with E-state index in [1.54, 1.807) is 0 Å². The maximum absolute atomic E-state index is 10.0. The summed E-state index contributed by atoms with van der Waals surface area (Å²) in [6.45, 7) is 0. The molecule has 5 heteroatoms. The van der Waals surface area contributed by atoms with E-state index in [1.807, 2.05) is 0 Å². The van der Waals surface area contributed by atoms with Crippen LogP contribution in [0.15, 0.2) is 17.3 Å². The third-order valence-electron chi connectivity index (χ3n) is 1.20. The first-order valence-electron chi connectivity index (χ1n) is 2.76. The van der Waals surface area contributed by atoms with Crippen LogP contribution in [0.2, 0.25) is 5.02 Å². The highest BCUT2D eigenvalue weighted by Gasteiger charge is 2.05. The number of rotatable bonds is 1. The van der Waals surface area contributed by atoms with E-state index in [2.05, 4.69) is 5.18 Å². The minimum atomic E-state index is -0.230. The lowest BCUT2D eigenvalue weighted by atomic mass is 10.2. The number of benzene rings is 1. The van der Waals surface area contributed by atoms with E-state index < -0.39 is 0 Å². The molecule has 0 unspecified atom stereocenters. The monoisotopic (exact) mass is 172 g/mol. The van der Waals surface area contributed by atoms with Gasteiger partial charge in [0.15, 0.2) is 0 Å². The average molecular weight is 173 g/mol. The van der Waals surface area contributed by atoms with Gasteiger partial charge in [0.1, 0.15) is 17.1 Å². The van der Waals surface area contributed by atoms with Gasteiger partial charge < -0.3 is 10.8 Å². The summed E-state index contributed by atoms with van der Waals surface area (Å²) in [6, 6.07) is 2.52. The van der Waals surface area contributed by atoms with Crippen molar-refractivity contribution in [3.63, 3.8) is 0 Å². The number of hydrogen-bond donors (Lipinski definition) is 2. The summed E-state index contributed by atoms with van der Waals surface area (Å²) >= 11 is 5.49. The third-order valence-corrected chi connectivity index (χ3v) is 1.42. The standard InChI is InChI=1S/C6H5ClN2O2/c7-3-1-4(9-11)6(8)5(10)2-3/h1-2,10H,8H2. The van der Waals surface area contributed by atoms with Crippen LogP contribution >= 0.6 is 11.6 Å². The Bertz CT molecular complexity index is 301. The van der Waals surface area contributed by atoms with Crippen molar-refractivity contribution in [3.8, 4) is 5.75 Å². The molecule has 0 amide bonds. The van der Waals surface area contributed by atoms with Crippen LogP contribution in [0.1, 0.15) is 0 Å². The molecule has 1 aromatic carbocycles. The van der Waals surface area contributed by atoms with E-state index in [-0.39, 0.29) is 22.1 Å². The second-order valence-electron chi connectivity index (χ2n) is 1.95. The van der Waals surface area contributed by atoms with Crippen LogP contribution in [0.25, 0.3) is 0 Å². The van der Waals surface area contributed by atoms with Crippen LogP contribution in [-0.4, -0.2) is 5.11 Å². The maximum Gasteiger partial charge on any atom is 0.142 e. The van der Waals surface area contributed by atoms with Crippen LogP contribution in [-0.2, 0) is 0 Å². The quantitative estimate of drug-likeness (QED) is 0.387. The van der Waals surface area contributed by atoms with Gasteiger partial charge in [-0.1, -0.05) is 11.6 Å². The Morgan fingerprint density at radius 1 is 1.55 bits per heavy atom. The normalized spacial score (nSPS) is 9.55. The molecule has 0 saturated carbocycles. The lowest BCUT2D eigenvalue weighted by molar-refractivity contribution is 0.478. The Morgan fingerprint density at radius 2 is 2.18 bits per heavy atom. The van der Waals surface area contributed by atoms with Gasteiger partial charge in [-0.15, -0.1) is 4.91 Å². The first kappa shape index (κ1) is 7.81. The van der Waals surface area contributed by atoms with Crippen LogP contribution in [0, 0.1) is 4.91 Å². The lowest BCUT2D eigenvalue weighted by Gasteiger charge is -1.99. The van der Waals surface area contributed by atoms with Crippen LogP contribution in [0.5, 0.6) is 5.75 Å². The minimum Gasteiger partial charge on any atom is -0.506 e. The highest BCUT2D eigenvalue weighted by molar-refractivity contribution is 6.31. The highest BCUT2D eigenvalue weighted by Crippen LogP contribution is 2.34. The van der Waals surface area contributed by atoms with E-state index in [0.29, 0.717) is 0 Å². The zero-order valence-corrected chi connectivity index (χ0v) is 6.17. The summed E-state index contributed by atoms with van der Waals surface area (Å²) < 4.78 is 0. The van der Waals surface area contributed by atoms with Crippen molar-refractivity contribution in [2.24, 2.45) is 5.18 Å². The largest absolute Gasteiger partial charge is 0.506 e. The average Bonchev–Trinajstić information content (AvgIpc) is 1.96. The summed E-state index contributed by atoms with van der Waals surface area (Å²) in [7, 11) is 0. The number of nitrogen functional groups attached to an aromatic ring is 1. The molecule has 0 saturated heterocycles. The van der Waals surface area contributed by atoms with Gasteiger partial charge in [0.2, 0.25) is 0 Å². The fourth-order valence-corrected chi connectivity index (χ4v) is 0.872. The molecule has 0 radical (unpaired) electrons. The molecule has 0 aliphatic carbocycles. The Morgan fingerprint density at radius 3 is 2.73 bits per heavy atom. The number of nitrogens with zero attached hydrogens (tertiary/aromatic N) is 1. The summed E-state index contributed by atoms with van der Waals surface area (Å²) in [5.74, 6) is -0.230. The molecule has 0 aromatic heterocycles. The summed E-state index contributed by atoms with van der Waals surface area (Å²) in [5, 5.41) is 11.8. The Hall–Kier alpha value is -1.29. The van der Waals surface area contributed by atoms with E-state index in [0.717, 1.165) is 0 Å². The van der Waals surface area contributed by atoms with E-state index in [9.17, 15) is 4.91 Å². The van der Waals surface area contributed by atoms with Gasteiger partial charge in [-0.2, -0.15) is 0 Å². The molecule has 3 N–H and O–H groups in total. The number of phenolic OH excluding ortho intramolecular Hbond substituents is 1. The lowest BCUT2D eigenvalue weighted by Crippen LogP contribution is -1.85. The molecule has 11 heavy (non-hydrogen) atoms. The molecule has 4 nitrogen and oxygen atoms in total. The van der Waals surface area contributed by atoms with Crippen molar-refractivity contribution >= 4 is 23.0 Å². The van der Waals surface area contributed by atoms with Crippen molar-refractivity contribution in [1.29, 1.82) is 0 Å². The molecule has 0 spiro atoms. The highest BCUT2D eigenvalue weighted by atomic mass is 35.5. The summed E-state index contributed by atoms with van der Waals surface area (Å²) in [5.41, 5.74) is 5.16. The number of nitrogens with two attached hydrogens (primary N) is 1. The van der Waals surface area contributed by atoms with Gasteiger partial charge in [-0.25, -0.2) is 0 Å². The Labute approximate surface area is 67.6 Å². The number of aromatic hydroxyl groups is 1. The van der Waals surface area contributed by atoms with E-state index >= 15 is 0 Å². The number of halogens is 1. The number of anilines is 1. The molecule has 0 bridgehead atoms. The third kappa shape index (κ3) is 1.40. The summed E-state index contributed by atoms with van der Waals surface area (Å²) in [6.07, 6.45) is 0. The SMILES string of the molecule is Nc1c(O)cc(Cl)cc1N=O. The molecule has 0 heterocycles. The molecule has 1 aromatic rings. The first-order chi connectivity index (χ1) is 5.15. The van der Waals surface area contributed by atoms with Gasteiger partial charge in [-0.3, -0.25) is 0 Å². The Balaban J connectivity index is 3.35. The summed E-state index contributed by atoms with van der Waals surface area (Å²) in [4.78, 5) is 10.0. The zero-order valence-electron chi connectivity index (χ0n) is 5.41. The Kier molecular flexibility index (Phi) is 1.96. The number of hydrogen-bond acceptors (Lipinski definition) is 4. The van der Waals surface area contributed by atoms with E-state index in [4.69, 9.17) is 22.4 Å². The molecule has 0 atom stereocenters. The van der Waals surface area contributed by atoms with E-state index in [1.165, 1.54) is 12.1 Å². The minimum absolute atomic E-state index is 0.0463. The molecule has 58 valence electrons. The maximum atomic E-state index is 10.0. The number of nitroso groups, excluding NO2 is 1. The topological polar surface area (TPSA) is 75.7 Å². The van der Waals surface area contributed by atoms with Crippen LogP contribution in [0.3, 0.4) is 0 Å². The van der Waals surface area contributed by atoms with Gasteiger partial charge in [0, 0.05) is 11.1 Å². The van der Waals surface area contributed by atoms with Crippen molar-refractivity contribution in [1.82, 2.24) is 0 Å². The van der Waals surface area contributed by atoms with Crippen molar-refractivity contribution in [2.45, 2.75) is 0 Å². The van der Waals surface area contributed by atoms with Crippen molar-refractivity contribution in [3.05, 3.63) is 22.1 Å². The second kappa shape index (κ2) is 2.75. The fraction of sp³-hybridized carbons (Fsp3) is 0. The molecule has 0 fully saturated rings. The fourth-order valence-electron chi connectivity index (χ4n) is 0.665. The molecule has 1 rings (SSSR count).